The maximum absolute atomic E-state index is 13.6. The van der Waals surface area contributed by atoms with Crippen LogP contribution in [0.5, 0.6) is 11.5 Å². The lowest BCUT2D eigenvalue weighted by molar-refractivity contribution is 0.306. The molecule has 2 aromatic rings. The number of phenols is 1. The Bertz CT molecular complexity index is 545. The minimum atomic E-state index is -0.408. The molecule has 0 aliphatic rings. The zero-order valence-corrected chi connectivity index (χ0v) is 11.3. The van der Waals surface area contributed by atoms with Gasteiger partial charge in [0.05, 0.1) is 0 Å². The molecule has 1 atom stereocenters. The Labute approximate surface area is 118 Å². The van der Waals surface area contributed by atoms with Crippen molar-refractivity contribution in [3.8, 4) is 11.5 Å². The summed E-state index contributed by atoms with van der Waals surface area (Å²) in [7, 11) is 0. The summed E-state index contributed by atoms with van der Waals surface area (Å²) in [5.41, 5.74) is 0.530. The monoisotopic (exact) mass is 275 g/mol. The third-order valence-electron chi connectivity index (χ3n) is 3.02. The van der Waals surface area contributed by atoms with E-state index < -0.39 is 5.82 Å². The van der Waals surface area contributed by atoms with Crippen molar-refractivity contribution in [2.45, 2.75) is 13.0 Å². The first kappa shape index (κ1) is 14.3. The number of ether oxygens (including phenoxy) is 1. The van der Waals surface area contributed by atoms with Crippen LogP contribution in [0.1, 0.15) is 18.5 Å². The Hall–Kier alpha value is -2.07. The largest absolute Gasteiger partial charge is 0.508 e. The second-order valence-electron chi connectivity index (χ2n) is 4.54. The number of aromatic hydroxyl groups is 1. The molecule has 4 heteroatoms. The van der Waals surface area contributed by atoms with Crippen LogP contribution in [0.15, 0.2) is 48.5 Å². The van der Waals surface area contributed by atoms with Gasteiger partial charge in [-0.1, -0.05) is 24.3 Å². The van der Waals surface area contributed by atoms with E-state index in [1.54, 1.807) is 6.07 Å². The quantitative estimate of drug-likeness (QED) is 0.795. The van der Waals surface area contributed by atoms with Crippen LogP contribution in [0.3, 0.4) is 0 Å². The number of nitrogens with one attached hydrogen (secondary N) is 1. The van der Waals surface area contributed by atoms with Crippen LogP contribution in [0.4, 0.5) is 4.39 Å². The summed E-state index contributed by atoms with van der Waals surface area (Å²) in [4.78, 5) is 0. The van der Waals surface area contributed by atoms with Crippen LogP contribution >= 0.6 is 0 Å². The predicted molar refractivity (Wildman–Crippen MR) is 76.4 cm³/mol. The molecule has 2 rings (SSSR count). The zero-order valence-electron chi connectivity index (χ0n) is 11.3. The summed E-state index contributed by atoms with van der Waals surface area (Å²) < 4.78 is 19.2. The van der Waals surface area contributed by atoms with E-state index in [-0.39, 0.29) is 11.8 Å². The average Bonchev–Trinajstić information content (AvgIpc) is 2.44. The average molecular weight is 275 g/mol. The van der Waals surface area contributed by atoms with Gasteiger partial charge in [-0.05, 0) is 25.1 Å². The highest BCUT2D eigenvalue weighted by Crippen LogP contribution is 2.20. The van der Waals surface area contributed by atoms with E-state index in [0.29, 0.717) is 18.7 Å². The molecule has 0 amide bonds. The Balaban J connectivity index is 1.79. The molecular formula is C16H18FNO2. The van der Waals surface area contributed by atoms with Crippen LogP contribution in [0.25, 0.3) is 0 Å². The molecular weight excluding hydrogens is 257 g/mol. The molecule has 0 saturated heterocycles. The van der Waals surface area contributed by atoms with Crippen LogP contribution in [-0.4, -0.2) is 18.3 Å². The number of hydrogen-bond acceptors (Lipinski definition) is 3. The van der Waals surface area contributed by atoms with E-state index in [0.717, 1.165) is 11.8 Å². The number of para-hydroxylation sites is 1. The van der Waals surface area contributed by atoms with Crippen molar-refractivity contribution in [1.29, 1.82) is 0 Å². The lowest BCUT2D eigenvalue weighted by Gasteiger charge is -2.15. The van der Waals surface area contributed by atoms with E-state index in [1.807, 2.05) is 37.3 Å². The van der Waals surface area contributed by atoms with Crippen molar-refractivity contribution < 1.29 is 14.2 Å². The molecule has 106 valence electrons. The van der Waals surface area contributed by atoms with Crippen molar-refractivity contribution in [3.05, 3.63) is 59.9 Å². The van der Waals surface area contributed by atoms with Gasteiger partial charge >= 0.3 is 0 Å². The summed E-state index contributed by atoms with van der Waals surface area (Å²) in [6.45, 7) is 2.99. The predicted octanol–water partition coefficient (Wildman–Crippen LogP) is 3.26. The third kappa shape index (κ3) is 3.96. The fraction of sp³-hybridized carbons (Fsp3) is 0.250. The van der Waals surface area contributed by atoms with Crippen molar-refractivity contribution in [1.82, 2.24) is 5.32 Å². The summed E-state index contributed by atoms with van der Waals surface area (Å²) >= 11 is 0. The number of benzene rings is 2. The SMILES string of the molecule is CC(NCCOc1ccccc1)c1ccc(O)cc1F. The van der Waals surface area contributed by atoms with Crippen LogP contribution < -0.4 is 10.1 Å². The lowest BCUT2D eigenvalue weighted by Crippen LogP contribution is -2.25. The van der Waals surface area contributed by atoms with Crippen molar-refractivity contribution in [2.24, 2.45) is 0 Å². The van der Waals surface area contributed by atoms with Crippen LogP contribution in [0, 0.1) is 5.82 Å². The van der Waals surface area contributed by atoms with Crippen LogP contribution in [0.2, 0.25) is 0 Å². The first-order chi connectivity index (χ1) is 9.66. The molecule has 3 nitrogen and oxygen atoms in total. The Morgan fingerprint density at radius 1 is 1.20 bits per heavy atom. The fourth-order valence-corrected chi connectivity index (χ4v) is 1.94. The van der Waals surface area contributed by atoms with Crippen LogP contribution in [-0.2, 0) is 0 Å². The van der Waals surface area contributed by atoms with Gasteiger partial charge in [0, 0.05) is 24.2 Å². The first-order valence-electron chi connectivity index (χ1n) is 6.56. The van der Waals surface area contributed by atoms with Gasteiger partial charge in [-0.3, -0.25) is 0 Å². The molecule has 0 heterocycles. The van der Waals surface area contributed by atoms with Crippen molar-refractivity contribution >= 4 is 0 Å². The molecule has 20 heavy (non-hydrogen) atoms. The molecule has 2 N–H and O–H groups in total. The van der Waals surface area contributed by atoms with Gasteiger partial charge < -0.3 is 15.2 Å². The normalized spacial score (nSPS) is 12.1. The molecule has 0 aliphatic carbocycles. The Morgan fingerprint density at radius 2 is 1.95 bits per heavy atom. The minimum Gasteiger partial charge on any atom is -0.508 e. The maximum Gasteiger partial charge on any atom is 0.131 e. The summed E-state index contributed by atoms with van der Waals surface area (Å²) in [6, 6.07) is 13.6. The summed E-state index contributed by atoms with van der Waals surface area (Å²) in [5.74, 6) is 0.345. The molecule has 0 radical (unpaired) electrons. The Morgan fingerprint density at radius 3 is 2.65 bits per heavy atom. The standard InChI is InChI=1S/C16H18FNO2/c1-12(15-8-7-13(19)11-16(15)17)18-9-10-20-14-5-3-2-4-6-14/h2-8,11-12,18-19H,9-10H2,1H3. The Kier molecular flexibility index (Phi) is 4.96. The van der Waals surface area contributed by atoms with Crippen molar-refractivity contribution in [2.75, 3.05) is 13.2 Å². The van der Waals surface area contributed by atoms with E-state index in [4.69, 9.17) is 4.74 Å². The molecule has 0 saturated carbocycles. The second-order valence-corrected chi connectivity index (χ2v) is 4.54. The molecule has 0 bridgehead atoms. The second kappa shape index (κ2) is 6.91. The number of halogens is 1. The number of rotatable bonds is 6. The van der Waals surface area contributed by atoms with Gasteiger partial charge in [-0.15, -0.1) is 0 Å². The van der Waals surface area contributed by atoms with Gasteiger partial charge in [0.25, 0.3) is 0 Å². The molecule has 0 aromatic heterocycles. The van der Waals surface area contributed by atoms with E-state index in [2.05, 4.69) is 5.32 Å². The first-order valence-corrected chi connectivity index (χ1v) is 6.56. The van der Waals surface area contributed by atoms with Gasteiger partial charge in [-0.2, -0.15) is 0 Å². The number of hydrogen-bond donors (Lipinski definition) is 2. The summed E-state index contributed by atoms with van der Waals surface area (Å²) in [6.07, 6.45) is 0. The lowest BCUT2D eigenvalue weighted by atomic mass is 10.1. The molecule has 0 spiro atoms. The van der Waals surface area contributed by atoms with E-state index in [9.17, 15) is 9.50 Å². The zero-order chi connectivity index (χ0) is 14.4. The molecule has 0 fully saturated rings. The van der Waals surface area contributed by atoms with Gasteiger partial charge in [0.15, 0.2) is 0 Å². The molecule has 2 aromatic carbocycles. The van der Waals surface area contributed by atoms with E-state index >= 15 is 0 Å². The molecule has 1 unspecified atom stereocenters. The highest BCUT2D eigenvalue weighted by molar-refractivity contribution is 5.29. The smallest absolute Gasteiger partial charge is 0.131 e. The number of phenolic OH excluding ortho intramolecular Hbond substituents is 1. The fourth-order valence-electron chi connectivity index (χ4n) is 1.94. The minimum absolute atomic E-state index is 0.0640. The van der Waals surface area contributed by atoms with Gasteiger partial charge in [0.1, 0.15) is 23.9 Å². The third-order valence-corrected chi connectivity index (χ3v) is 3.02. The summed E-state index contributed by atoms with van der Waals surface area (Å²) in [5, 5.41) is 12.4. The molecule has 0 aliphatic heterocycles. The maximum atomic E-state index is 13.6. The highest BCUT2D eigenvalue weighted by Gasteiger charge is 2.10. The van der Waals surface area contributed by atoms with Crippen molar-refractivity contribution in [3.63, 3.8) is 0 Å². The highest BCUT2D eigenvalue weighted by atomic mass is 19.1. The van der Waals surface area contributed by atoms with E-state index in [1.165, 1.54) is 6.07 Å². The van der Waals surface area contributed by atoms with Gasteiger partial charge in [0.2, 0.25) is 0 Å². The van der Waals surface area contributed by atoms with Gasteiger partial charge in [-0.25, -0.2) is 4.39 Å². The topological polar surface area (TPSA) is 41.5 Å².